The van der Waals surface area contributed by atoms with Crippen molar-refractivity contribution in [2.75, 3.05) is 30.5 Å². The smallest absolute Gasteiger partial charge is 0.203 e. The van der Waals surface area contributed by atoms with Crippen molar-refractivity contribution in [1.29, 1.82) is 0 Å². The van der Waals surface area contributed by atoms with Crippen LogP contribution in [0.2, 0.25) is 0 Å². The van der Waals surface area contributed by atoms with Gasteiger partial charge in [-0.3, -0.25) is 0 Å². The van der Waals surface area contributed by atoms with Crippen LogP contribution in [0, 0.1) is 6.92 Å². The topological polar surface area (TPSA) is 73.2 Å². The molecule has 0 saturated carbocycles. The molecule has 0 aliphatic heterocycles. The standard InChI is InChI=1S/C13H25N3O3S/c1-5-19-8-6-7-16-9-11(2)14-13(16)15-12(3)10-20(4,17)18/h9,12H,5-8,10H2,1-4H3,(H,14,15). The van der Waals surface area contributed by atoms with Gasteiger partial charge < -0.3 is 14.6 Å². The van der Waals surface area contributed by atoms with Gasteiger partial charge in [-0.1, -0.05) is 0 Å². The van der Waals surface area contributed by atoms with E-state index in [9.17, 15) is 8.42 Å². The maximum atomic E-state index is 11.3. The summed E-state index contributed by atoms with van der Waals surface area (Å²) >= 11 is 0. The molecule has 1 unspecified atom stereocenters. The number of sulfone groups is 1. The van der Waals surface area contributed by atoms with Crippen molar-refractivity contribution < 1.29 is 13.2 Å². The number of imidazole rings is 1. The molecule has 20 heavy (non-hydrogen) atoms. The number of nitrogens with zero attached hydrogens (tertiary/aromatic N) is 2. The van der Waals surface area contributed by atoms with Crippen molar-refractivity contribution in [3.05, 3.63) is 11.9 Å². The predicted molar refractivity (Wildman–Crippen MR) is 80.9 cm³/mol. The van der Waals surface area contributed by atoms with Crippen LogP contribution in [0.4, 0.5) is 5.95 Å². The highest BCUT2D eigenvalue weighted by Gasteiger charge is 2.13. The van der Waals surface area contributed by atoms with Crippen LogP contribution >= 0.6 is 0 Å². The van der Waals surface area contributed by atoms with Crippen LogP contribution in [0.3, 0.4) is 0 Å². The SMILES string of the molecule is CCOCCCn1cc(C)nc1NC(C)CS(C)(=O)=O. The van der Waals surface area contributed by atoms with Gasteiger partial charge in [-0.15, -0.1) is 0 Å². The van der Waals surface area contributed by atoms with E-state index in [0.717, 1.165) is 31.2 Å². The number of rotatable bonds is 9. The Hall–Kier alpha value is -1.08. The van der Waals surface area contributed by atoms with Gasteiger partial charge in [0, 0.05) is 38.3 Å². The summed E-state index contributed by atoms with van der Waals surface area (Å²) in [5, 5.41) is 3.16. The second-order valence-corrected chi connectivity index (χ2v) is 7.27. The van der Waals surface area contributed by atoms with Gasteiger partial charge in [0.2, 0.25) is 5.95 Å². The molecule has 0 saturated heterocycles. The molecule has 0 fully saturated rings. The lowest BCUT2D eigenvalue weighted by Gasteiger charge is -2.15. The first-order valence-electron chi connectivity index (χ1n) is 6.87. The summed E-state index contributed by atoms with van der Waals surface area (Å²) in [4.78, 5) is 4.40. The molecule has 1 aromatic rings. The minimum absolute atomic E-state index is 0.0951. The number of aromatic nitrogens is 2. The zero-order valence-corrected chi connectivity index (χ0v) is 13.5. The van der Waals surface area contributed by atoms with Crippen molar-refractivity contribution in [2.24, 2.45) is 0 Å². The fourth-order valence-electron chi connectivity index (χ4n) is 2.03. The Bertz CT molecular complexity index is 511. The van der Waals surface area contributed by atoms with Crippen LogP contribution in [-0.2, 0) is 21.1 Å². The van der Waals surface area contributed by atoms with E-state index in [1.165, 1.54) is 6.26 Å². The quantitative estimate of drug-likeness (QED) is 0.699. The molecule has 0 aromatic carbocycles. The molecular formula is C13H25N3O3S. The summed E-state index contributed by atoms with van der Waals surface area (Å²) < 4.78 is 29.9. The molecule has 7 heteroatoms. The lowest BCUT2D eigenvalue weighted by molar-refractivity contribution is 0.142. The van der Waals surface area contributed by atoms with Gasteiger partial charge in [0.15, 0.2) is 0 Å². The van der Waals surface area contributed by atoms with Gasteiger partial charge in [-0.25, -0.2) is 13.4 Å². The van der Waals surface area contributed by atoms with Crippen LogP contribution < -0.4 is 5.32 Å². The second kappa shape index (κ2) is 7.64. The molecule has 6 nitrogen and oxygen atoms in total. The molecule has 1 aromatic heterocycles. The highest BCUT2D eigenvalue weighted by atomic mass is 32.2. The molecule has 0 bridgehead atoms. The summed E-state index contributed by atoms with van der Waals surface area (Å²) in [5.74, 6) is 0.813. The Morgan fingerprint density at radius 3 is 2.80 bits per heavy atom. The van der Waals surface area contributed by atoms with Gasteiger partial charge >= 0.3 is 0 Å². The van der Waals surface area contributed by atoms with Gasteiger partial charge in [0.1, 0.15) is 9.84 Å². The number of ether oxygens (including phenoxy) is 1. The van der Waals surface area contributed by atoms with E-state index in [0.29, 0.717) is 6.61 Å². The summed E-state index contributed by atoms with van der Waals surface area (Å²) in [6, 6.07) is -0.169. The fourth-order valence-corrected chi connectivity index (χ4v) is 3.02. The van der Waals surface area contributed by atoms with Crippen molar-refractivity contribution in [1.82, 2.24) is 9.55 Å². The molecule has 0 aliphatic rings. The maximum Gasteiger partial charge on any atom is 0.203 e. The molecule has 0 aliphatic carbocycles. The normalized spacial score (nSPS) is 13.4. The van der Waals surface area contributed by atoms with Crippen molar-refractivity contribution >= 4 is 15.8 Å². The monoisotopic (exact) mass is 303 g/mol. The number of anilines is 1. The van der Waals surface area contributed by atoms with E-state index >= 15 is 0 Å². The molecule has 0 radical (unpaired) electrons. The first kappa shape index (κ1) is 17.0. The molecule has 1 N–H and O–H groups in total. The van der Waals surface area contributed by atoms with E-state index in [-0.39, 0.29) is 11.8 Å². The lowest BCUT2D eigenvalue weighted by Crippen LogP contribution is -2.26. The Balaban J connectivity index is 2.60. The van der Waals surface area contributed by atoms with Crippen molar-refractivity contribution in [2.45, 2.75) is 39.8 Å². The predicted octanol–water partition coefficient (Wildman–Crippen LogP) is 1.46. The number of hydrogen-bond acceptors (Lipinski definition) is 5. The molecule has 0 amide bonds. The summed E-state index contributed by atoms with van der Waals surface area (Å²) in [7, 11) is -2.99. The highest BCUT2D eigenvalue weighted by Crippen LogP contribution is 2.11. The Morgan fingerprint density at radius 1 is 1.50 bits per heavy atom. The van der Waals surface area contributed by atoms with Crippen LogP contribution in [-0.4, -0.2) is 49.2 Å². The molecule has 0 spiro atoms. The molecular weight excluding hydrogens is 278 g/mol. The number of aryl methyl sites for hydroxylation is 2. The first-order valence-corrected chi connectivity index (χ1v) is 8.93. The van der Waals surface area contributed by atoms with Crippen LogP contribution in [0.5, 0.6) is 0 Å². The minimum atomic E-state index is -2.99. The lowest BCUT2D eigenvalue weighted by atomic mass is 10.4. The van der Waals surface area contributed by atoms with E-state index < -0.39 is 9.84 Å². The molecule has 1 heterocycles. The number of hydrogen-bond donors (Lipinski definition) is 1. The Kier molecular flexibility index (Phi) is 6.48. The van der Waals surface area contributed by atoms with Crippen LogP contribution in [0.1, 0.15) is 26.0 Å². The third kappa shape index (κ3) is 6.38. The minimum Gasteiger partial charge on any atom is -0.382 e. The first-order chi connectivity index (χ1) is 9.31. The zero-order chi connectivity index (χ0) is 15.2. The zero-order valence-electron chi connectivity index (χ0n) is 12.7. The Morgan fingerprint density at radius 2 is 2.20 bits per heavy atom. The van der Waals surface area contributed by atoms with Crippen molar-refractivity contribution in [3.63, 3.8) is 0 Å². The fraction of sp³-hybridized carbons (Fsp3) is 0.769. The molecule has 116 valence electrons. The van der Waals surface area contributed by atoms with Gasteiger partial charge in [-0.05, 0) is 27.2 Å². The third-order valence-corrected chi connectivity index (χ3v) is 3.82. The Labute approximate surface area is 121 Å². The largest absolute Gasteiger partial charge is 0.382 e. The summed E-state index contributed by atoms with van der Waals surface area (Å²) in [6.07, 6.45) is 4.10. The average molecular weight is 303 g/mol. The summed E-state index contributed by atoms with van der Waals surface area (Å²) in [5.41, 5.74) is 0.912. The third-order valence-electron chi connectivity index (χ3n) is 2.72. The van der Waals surface area contributed by atoms with E-state index in [2.05, 4.69) is 10.3 Å². The summed E-state index contributed by atoms with van der Waals surface area (Å²) in [6.45, 7) is 7.97. The molecule has 1 rings (SSSR count). The highest BCUT2D eigenvalue weighted by molar-refractivity contribution is 7.90. The van der Waals surface area contributed by atoms with Gasteiger partial charge in [0.05, 0.1) is 11.4 Å². The van der Waals surface area contributed by atoms with Gasteiger partial charge in [0.25, 0.3) is 0 Å². The van der Waals surface area contributed by atoms with Crippen LogP contribution in [0.25, 0.3) is 0 Å². The van der Waals surface area contributed by atoms with E-state index in [4.69, 9.17) is 4.74 Å². The average Bonchev–Trinajstić information content (AvgIpc) is 2.62. The maximum absolute atomic E-state index is 11.3. The molecule has 1 atom stereocenters. The van der Waals surface area contributed by atoms with Crippen molar-refractivity contribution in [3.8, 4) is 0 Å². The van der Waals surface area contributed by atoms with Crippen LogP contribution in [0.15, 0.2) is 6.20 Å². The van der Waals surface area contributed by atoms with E-state index in [1.807, 2.05) is 31.5 Å². The van der Waals surface area contributed by atoms with Gasteiger partial charge in [-0.2, -0.15) is 0 Å². The number of nitrogens with one attached hydrogen (secondary N) is 1. The van der Waals surface area contributed by atoms with E-state index in [1.54, 1.807) is 0 Å². The second-order valence-electron chi connectivity index (χ2n) is 5.09.